The fraction of sp³-hybridized carbons (Fsp3) is 0.571. The number of ether oxygens (including phenoxy) is 2. The van der Waals surface area contributed by atoms with Gasteiger partial charge in [0.2, 0.25) is 11.8 Å². The molecule has 0 bridgehead atoms. The van der Waals surface area contributed by atoms with E-state index in [-0.39, 0.29) is 17.7 Å². The second-order valence-corrected chi connectivity index (χ2v) is 6.13. The first kappa shape index (κ1) is 24.7. The summed E-state index contributed by atoms with van der Waals surface area (Å²) in [5.74, 6) is 0.662. The van der Waals surface area contributed by atoms with Crippen molar-refractivity contribution >= 4 is 0 Å². The molecule has 162 valence electrons. The lowest BCUT2D eigenvalue weighted by atomic mass is 10.1. The molecule has 0 amide bonds. The molecule has 0 aliphatic heterocycles. The standard InChI is InChI=1S/C20H27F2N3O2.CH3F/c1-6-12(7-2)27-20-15(9-4)23-17(14(8-3)24-20)13-10-11-16(18(21)22)25-19(13)26-5;1-2/h10-12,18H,6-9H2,1-5H3;1H3. The largest absolute Gasteiger partial charge is 0.480 e. The van der Waals surface area contributed by atoms with Gasteiger partial charge in [-0.3, -0.25) is 4.39 Å². The fourth-order valence-electron chi connectivity index (χ4n) is 2.80. The number of pyridine rings is 1. The Hall–Kier alpha value is -2.38. The molecule has 2 heterocycles. The Morgan fingerprint density at radius 3 is 1.97 bits per heavy atom. The maximum atomic E-state index is 13.0. The zero-order valence-electron chi connectivity index (χ0n) is 17.9. The Morgan fingerprint density at radius 2 is 1.48 bits per heavy atom. The number of alkyl halides is 3. The summed E-state index contributed by atoms with van der Waals surface area (Å²) in [6.45, 7) is 8.09. The van der Waals surface area contributed by atoms with Crippen molar-refractivity contribution < 1.29 is 22.6 Å². The van der Waals surface area contributed by atoms with Crippen molar-refractivity contribution in [2.75, 3.05) is 14.3 Å². The second kappa shape index (κ2) is 12.2. The highest BCUT2D eigenvalue weighted by atomic mass is 19.3. The first-order valence-corrected chi connectivity index (χ1v) is 9.76. The molecule has 2 aromatic heterocycles. The summed E-state index contributed by atoms with van der Waals surface area (Å²) < 4.78 is 46.7. The third kappa shape index (κ3) is 6.05. The molecule has 0 N–H and O–H groups in total. The highest BCUT2D eigenvalue weighted by molar-refractivity contribution is 5.68. The van der Waals surface area contributed by atoms with E-state index in [0.717, 1.165) is 24.2 Å². The number of halogens is 3. The molecule has 8 heteroatoms. The molecular formula is C21H30F3N3O2. The number of hydrogen-bond acceptors (Lipinski definition) is 5. The molecule has 0 aliphatic carbocycles. The topological polar surface area (TPSA) is 57.1 Å². The summed E-state index contributed by atoms with van der Waals surface area (Å²) >= 11 is 0. The molecule has 0 aliphatic rings. The van der Waals surface area contributed by atoms with Crippen LogP contribution in [-0.2, 0) is 12.8 Å². The van der Waals surface area contributed by atoms with E-state index in [2.05, 4.69) is 18.8 Å². The van der Waals surface area contributed by atoms with Crippen molar-refractivity contribution in [3.05, 3.63) is 29.2 Å². The molecular weight excluding hydrogens is 383 g/mol. The fourth-order valence-corrected chi connectivity index (χ4v) is 2.80. The van der Waals surface area contributed by atoms with Gasteiger partial charge in [0.25, 0.3) is 6.43 Å². The Balaban J connectivity index is 0.00000204. The average Bonchev–Trinajstić information content (AvgIpc) is 2.77. The third-order valence-electron chi connectivity index (χ3n) is 4.42. The molecule has 2 rings (SSSR count). The summed E-state index contributed by atoms with van der Waals surface area (Å²) in [6.07, 6.45) is 0.457. The van der Waals surface area contributed by atoms with Crippen LogP contribution in [0.4, 0.5) is 13.2 Å². The lowest BCUT2D eigenvalue weighted by Gasteiger charge is -2.19. The van der Waals surface area contributed by atoms with Crippen LogP contribution in [0.15, 0.2) is 12.1 Å². The Kier molecular flexibility index (Phi) is 10.4. The van der Waals surface area contributed by atoms with Crippen molar-refractivity contribution in [1.29, 1.82) is 0 Å². The first-order chi connectivity index (χ1) is 14.0. The number of hydrogen-bond donors (Lipinski definition) is 0. The van der Waals surface area contributed by atoms with Gasteiger partial charge in [0.15, 0.2) is 0 Å². The minimum atomic E-state index is -2.66. The second-order valence-electron chi connectivity index (χ2n) is 6.13. The quantitative estimate of drug-likeness (QED) is 0.523. The average molecular weight is 413 g/mol. The number of nitrogens with zero attached hydrogens (tertiary/aromatic N) is 3. The van der Waals surface area contributed by atoms with Gasteiger partial charge in [-0.05, 0) is 37.8 Å². The zero-order valence-corrected chi connectivity index (χ0v) is 17.9. The van der Waals surface area contributed by atoms with E-state index in [1.54, 1.807) is 6.07 Å². The van der Waals surface area contributed by atoms with E-state index in [1.165, 1.54) is 13.2 Å². The Labute approximate surface area is 170 Å². The number of rotatable bonds is 9. The molecule has 0 atom stereocenters. The zero-order chi connectivity index (χ0) is 22.0. The van der Waals surface area contributed by atoms with Crippen molar-refractivity contribution in [1.82, 2.24) is 15.0 Å². The van der Waals surface area contributed by atoms with Crippen LogP contribution in [0, 0.1) is 0 Å². The van der Waals surface area contributed by atoms with Crippen LogP contribution in [0.2, 0.25) is 0 Å². The first-order valence-electron chi connectivity index (χ1n) is 9.76. The lowest BCUT2D eigenvalue weighted by molar-refractivity contribution is 0.145. The minimum absolute atomic E-state index is 0.0849. The summed E-state index contributed by atoms with van der Waals surface area (Å²) in [5.41, 5.74) is 2.27. The maximum Gasteiger partial charge on any atom is 0.280 e. The van der Waals surface area contributed by atoms with Gasteiger partial charge in [-0.1, -0.05) is 27.7 Å². The van der Waals surface area contributed by atoms with Crippen LogP contribution < -0.4 is 9.47 Å². The van der Waals surface area contributed by atoms with Gasteiger partial charge in [0.1, 0.15) is 11.4 Å². The molecule has 0 saturated heterocycles. The van der Waals surface area contributed by atoms with Crippen LogP contribution >= 0.6 is 0 Å². The lowest BCUT2D eigenvalue weighted by Crippen LogP contribution is -2.17. The van der Waals surface area contributed by atoms with Gasteiger partial charge in [-0.2, -0.15) is 0 Å². The third-order valence-corrected chi connectivity index (χ3v) is 4.42. The molecule has 2 aromatic rings. The Bertz CT molecular complexity index is 769. The highest BCUT2D eigenvalue weighted by Gasteiger charge is 2.21. The molecule has 29 heavy (non-hydrogen) atoms. The van der Waals surface area contributed by atoms with E-state index < -0.39 is 6.43 Å². The van der Waals surface area contributed by atoms with Gasteiger partial charge in [0, 0.05) is 0 Å². The predicted octanol–water partition coefficient (Wildman–Crippen LogP) is 5.76. The SMILES string of the molecule is CCc1nc(-c2ccc(C(F)F)nc2OC)c(CC)nc1OC(CC)CC.CF. The van der Waals surface area contributed by atoms with Gasteiger partial charge in [0.05, 0.1) is 37.3 Å². The van der Waals surface area contributed by atoms with Gasteiger partial charge in [-0.25, -0.2) is 23.7 Å². The molecule has 0 radical (unpaired) electrons. The smallest absolute Gasteiger partial charge is 0.280 e. The monoisotopic (exact) mass is 413 g/mol. The van der Waals surface area contributed by atoms with Crippen molar-refractivity contribution in [3.8, 4) is 23.0 Å². The van der Waals surface area contributed by atoms with E-state index in [4.69, 9.17) is 19.4 Å². The predicted molar refractivity (Wildman–Crippen MR) is 108 cm³/mol. The van der Waals surface area contributed by atoms with E-state index >= 15 is 0 Å². The molecule has 0 spiro atoms. The molecule has 5 nitrogen and oxygen atoms in total. The van der Waals surface area contributed by atoms with Crippen LogP contribution in [0.1, 0.15) is 64.0 Å². The van der Waals surface area contributed by atoms with Crippen molar-refractivity contribution in [2.45, 2.75) is 65.9 Å². The van der Waals surface area contributed by atoms with E-state index in [9.17, 15) is 13.2 Å². The van der Waals surface area contributed by atoms with Gasteiger partial charge >= 0.3 is 0 Å². The van der Waals surface area contributed by atoms with Crippen LogP contribution in [0.3, 0.4) is 0 Å². The summed E-state index contributed by atoms with van der Waals surface area (Å²) in [5, 5.41) is 0. The normalized spacial score (nSPS) is 10.7. The molecule has 0 unspecified atom stereocenters. The summed E-state index contributed by atoms with van der Waals surface area (Å²) in [6, 6.07) is 2.86. The van der Waals surface area contributed by atoms with E-state index in [0.29, 0.717) is 37.2 Å². The summed E-state index contributed by atoms with van der Waals surface area (Å²) in [7, 11) is 1.91. The molecule has 0 fully saturated rings. The van der Waals surface area contributed by atoms with Crippen molar-refractivity contribution in [3.63, 3.8) is 0 Å². The van der Waals surface area contributed by atoms with Gasteiger partial charge in [-0.15, -0.1) is 0 Å². The molecule has 0 aromatic carbocycles. The number of methoxy groups -OCH3 is 1. The Morgan fingerprint density at radius 1 is 0.862 bits per heavy atom. The van der Waals surface area contributed by atoms with Crippen molar-refractivity contribution in [2.24, 2.45) is 0 Å². The number of aryl methyl sites for hydroxylation is 2. The minimum Gasteiger partial charge on any atom is -0.480 e. The highest BCUT2D eigenvalue weighted by Crippen LogP contribution is 2.33. The maximum absolute atomic E-state index is 13.0. The van der Waals surface area contributed by atoms with Gasteiger partial charge < -0.3 is 9.47 Å². The molecule has 0 saturated carbocycles. The van der Waals surface area contributed by atoms with Crippen LogP contribution in [0.25, 0.3) is 11.3 Å². The van der Waals surface area contributed by atoms with Crippen LogP contribution in [-0.4, -0.2) is 35.3 Å². The summed E-state index contributed by atoms with van der Waals surface area (Å²) in [4.78, 5) is 13.4. The number of aromatic nitrogens is 3. The van der Waals surface area contributed by atoms with E-state index in [1.807, 2.05) is 13.8 Å². The van der Waals surface area contributed by atoms with Crippen LogP contribution in [0.5, 0.6) is 11.8 Å².